The molecule has 0 unspecified atom stereocenters. The Morgan fingerprint density at radius 3 is 1.58 bits per heavy atom. The SMILES string of the molecule is CC1=CC=NC1.CC1=CC=NC1.CC1=CCC=N1.CC1=CN=CC1.CC1=NC=CC1.CC1=NCC=C1. The minimum absolute atomic E-state index is 0.895. The van der Waals surface area contributed by atoms with Crippen LogP contribution in [-0.4, -0.2) is 55.9 Å². The van der Waals surface area contributed by atoms with Gasteiger partial charge in [0.2, 0.25) is 0 Å². The Hall–Kier alpha value is -3.54. The topological polar surface area (TPSA) is 74.2 Å². The van der Waals surface area contributed by atoms with Gasteiger partial charge in [-0.2, -0.15) is 0 Å². The average molecular weight is 487 g/mol. The lowest BCUT2D eigenvalue weighted by atomic mass is 10.3. The summed E-state index contributed by atoms with van der Waals surface area (Å²) in [7, 11) is 0. The molecule has 0 saturated carbocycles. The first kappa shape index (κ1) is 30.5. The zero-order valence-corrected chi connectivity index (χ0v) is 22.9. The minimum atomic E-state index is 0.895. The van der Waals surface area contributed by atoms with Gasteiger partial charge in [-0.3, -0.25) is 30.0 Å². The van der Waals surface area contributed by atoms with Gasteiger partial charge in [-0.05, 0) is 65.3 Å². The number of nitrogens with zero attached hydrogens (tertiary/aromatic N) is 6. The Bertz CT molecular complexity index is 892. The van der Waals surface area contributed by atoms with Crippen molar-refractivity contribution in [3.8, 4) is 0 Å². The third kappa shape index (κ3) is 17.9. The van der Waals surface area contributed by atoms with E-state index < -0.39 is 0 Å². The molecule has 0 amide bonds. The lowest BCUT2D eigenvalue weighted by Gasteiger charge is -1.77. The van der Waals surface area contributed by atoms with E-state index in [2.05, 4.69) is 69.0 Å². The fraction of sp³-hybridized carbons (Fsp3) is 0.400. The largest absolute Gasteiger partial charge is 0.289 e. The van der Waals surface area contributed by atoms with Crippen LogP contribution in [0.2, 0.25) is 0 Å². The Morgan fingerprint density at radius 2 is 1.44 bits per heavy atom. The Morgan fingerprint density at radius 1 is 0.750 bits per heavy atom. The number of hydrogen-bond acceptors (Lipinski definition) is 6. The van der Waals surface area contributed by atoms with Crippen molar-refractivity contribution >= 4 is 36.3 Å². The summed E-state index contributed by atoms with van der Waals surface area (Å²) in [5.41, 5.74) is 7.58. The van der Waals surface area contributed by atoms with Crippen LogP contribution < -0.4 is 0 Å². The molecule has 0 bridgehead atoms. The van der Waals surface area contributed by atoms with Crippen molar-refractivity contribution in [2.45, 2.75) is 60.8 Å². The van der Waals surface area contributed by atoms with Crippen molar-refractivity contribution in [2.75, 3.05) is 19.6 Å². The third-order valence-corrected chi connectivity index (χ3v) is 4.86. The molecule has 6 heteroatoms. The molecule has 0 N–H and O–H groups in total. The Kier molecular flexibility index (Phi) is 16.7. The Labute approximate surface area is 218 Å². The van der Waals surface area contributed by atoms with Gasteiger partial charge in [-0.25, -0.2) is 0 Å². The second kappa shape index (κ2) is 19.7. The molecular weight excluding hydrogens is 444 g/mol. The van der Waals surface area contributed by atoms with E-state index in [1.54, 1.807) is 0 Å². The molecule has 0 fully saturated rings. The first-order valence-corrected chi connectivity index (χ1v) is 12.4. The first-order chi connectivity index (χ1) is 17.4. The van der Waals surface area contributed by atoms with E-state index in [0.717, 1.165) is 50.3 Å². The quantitative estimate of drug-likeness (QED) is 0.349. The van der Waals surface area contributed by atoms with Crippen molar-refractivity contribution in [1.82, 2.24) is 0 Å². The molecule has 0 spiro atoms. The van der Waals surface area contributed by atoms with Crippen molar-refractivity contribution < 1.29 is 0 Å². The maximum atomic E-state index is 4.04. The van der Waals surface area contributed by atoms with Crippen LogP contribution in [0.25, 0.3) is 0 Å². The van der Waals surface area contributed by atoms with Crippen molar-refractivity contribution in [1.29, 1.82) is 0 Å². The molecule has 6 heterocycles. The second-order valence-corrected chi connectivity index (χ2v) is 8.75. The predicted octanol–water partition coefficient (Wildman–Crippen LogP) is 7.15. The lowest BCUT2D eigenvalue weighted by molar-refractivity contribution is 1.18. The highest BCUT2D eigenvalue weighted by molar-refractivity contribution is 5.94. The molecule has 6 rings (SSSR count). The summed E-state index contributed by atoms with van der Waals surface area (Å²) in [6.07, 6.45) is 26.7. The second-order valence-electron chi connectivity index (χ2n) is 8.75. The van der Waals surface area contributed by atoms with E-state index in [1.807, 2.05) is 76.3 Å². The molecule has 0 aromatic carbocycles. The van der Waals surface area contributed by atoms with Crippen molar-refractivity contribution in [2.24, 2.45) is 30.0 Å². The number of rotatable bonds is 0. The van der Waals surface area contributed by atoms with Gasteiger partial charge < -0.3 is 0 Å². The summed E-state index contributed by atoms with van der Waals surface area (Å²) in [5, 5.41) is 0. The molecule has 0 radical (unpaired) electrons. The molecule has 6 aliphatic heterocycles. The summed E-state index contributed by atoms with van der Waals surface area (Å²) in [5.74, 6) is 0. The molecule has 0 aromatic heterocycles. The van der Waals surface area contributed by atoms with Gasteiger partial charge in [0.15, 0.2) is 0 Å². The van der Waals surface area contributed by atoms with Gasteiger partial charge >= 0.3 is 0 Å². The number of aliphatic imine (C=N–C) groups is 6. The molecule has 0 aliphatic carbocycles. The van der Waals surface area contributed by atoms with Crippen LogP contribution in [0.1, 0.15) is 60.8 Å². The van der Waals surface area contributed by atoms with Crippen LogP contribution in [0.15, 0.2) is 101 Å². The first-order valence-electron chi connectivity index (χ1n) is 12.4. The third-order valence-electron chi connectivity index (χ3n) is 4.86. The monoisotopic (exact) mass is 486 g/mol. The van der Waals surface area contributed by atoms with E-state index in [-0.39, 0.29) is 0 Å². The van der Waals surface area contributed by atoms with E-state index in [1.165, 1.54) is 22.4 Å². The minimum Gasteiger partial charge on any atom is -0.289 e. The zero-order valence-electron chi connectivity index (χ0n) is 22.9. The standard InChI is InChI=1S/6C5H7N/c3*1-5-2-3-6-4-5;3*1-5-3-2-4-6-5/h3-4H,2H2,1H3;2*2-3H,4H2,1H3;3-4H,2H2,1H3;2,4H,3H2,1H3;2-3H,4H2,1H3. The van der Waals surface area contributed by atoms with Crippen LogP contribution in [-0.2, 0) is 0 Å². The molecule has 192 valence electrons. The smallest absolute Gasteiger partial charge is 0.0600 e. The lowest BCUT2D eigenvalue weighted by Crippen LogP contribution is -1.78. The van der Waals surface area contributed by atoms with E-state index in [0.29, 0.717) is 0 Å². The number of hydrogen-bond donors (Lipinski definition) is 0. The molecule has 0 saturated heterocycles. The van der Waals surface area contributed by atoms with Gasteiger partial charge in [0.05, 0.1) is 19.6 Å². The summed E-state index contributed by atoms with van der Waals surface area (Å²) in [4.78, 5) is 23.8. The van der Waals surface area contributed by atoms with E-state index in [9.17, 15) is 0 Å². The summed E-state index contributed by atoms with van der Waals surface area (Å²) >= 11 is 0. The fourth-order valence-electron chi connectivity index (χ4n) is 2.69. The highest BCUT2D eigenvalue weighted by Crippen LogP contribution is 2.02. The zero-order chi connectivity index (χ0) is 26.4. The molecule has 36 heavy (non-hydrogen) atoms. The van der Waals surface area contributed by atoms with Crippen LogP contribution >= 0.6 is 0 Å². The molecule has 6 nitrogen and oxygen atoms in total. The molecular formula is C30H42N6. The van der Waals surface area contributed by atoms with Crippen molar-refractivity contribution in [3.63, 3.8) is 0 Å². The van der Waals surface area contributed by atoms with Crippen LogP contribution in [0.3, 0.4) is 0 Å². The van der Waals surface area contributed by atoms with E-state index in [4.69, 9.17) is 0 Å². The van der Waals surface area contributed by atoms with E-state index >= 15 is 0 Å². The summed E-state index contributed by atoms with van der Waals surface area (Å²) < 4.78 is 0. The van der Waals surface area contributed by atoms with Gasteiger partial charge in [-0.1, -0.05) is 29.4 Å². The maximum absolute atomic E-state index is 4.04. The van der Waals surface area contributed by atoms with Crippen LogP contribution in [0, 0.1) is 0 Å². The Balaban J connectivity index is 0.000000216. The molecule has 6 aliphatic rings. The highest BCUT2D eigenvalue weighted by atomic mass is 14.7. The maximum Gasteiger partial charge on any atom is 0.0600 e. The summed E-state index contributed by atoms with van der Waals surface area (Å²) in [6, 6.07) is 0. The van der Waals surface area contributed by atoms with Crippen LogP contribution in [0.5, 0.6) is 0 Å². The normalized spacial score (nSPS) is 18.5. The molecule has 0 atom stereocenters. The number of allylic oxidation sites excluding steroid dienone is 7. The predicted molar refractivity (Wildman–Crippen MR) is 162 cm³/mol. The van der Waals surface area contributed by atoms with Crippen LogP contribution in [0.4, 0.5) is 0 Å². The van der Waals surface area contributed by atoms with Gasteiger partial charge in [0.25, 0.3) is 0 Å². The van der Waals surface area contributed by atoms with Crippen molar-refractivity contribution in [3.05, 3.63) is 71.3 Å². The van der Waals surface area contributed by atoms with Gasteiger partial charge in [0.1, 0.15) is 0 Å². The molecule has 0 aromatic rings. The summed E-state index contributed by atoms with van der Waals surface area (Å²) in [6.45, 7) is 15.0. The fourth-order valence-corrected chi connectivity index (χ4v) is 2.69. The van der Waals surface area contributed by atoms with Gasteiger partial charge in [0, 0.05) is 73.6 Å². The van der Waals surface area contributed by atoms with Gasteiger partial charge in [-0.15, -0.1) is 0 Å². The average Bonchev–Trinajstić information content (AvgIpc) is 3.67. The highest BCUT2D eigenvalue weighted by Gasteiger charge is 1.89.